The van der Waals surface area contributed by atoms with Gasteiger partial charge in [-0.15, -0.1) is 0 Å². The molecule has 1 heterocycles. The summed E-state index contributed by atoms with van der Waals surface area (Å²) in [5.74, 6) is -10.4. The number of phenols is 1. The highest BCUT2D eigenvalue weighted by Gasteiger charge is 2.34. The molecule has 0 aliphatic carbocycles. The first-order chi connectivity index (χ1) is 30.6. The van der Waals surface area contributed by atoms with Crippen molar-refractivity contribution in [3.63, 3.8) is 0 Å². The van der Waals surface area contributed by atoms with Crippen LogP contribution >= 0.6 is 12.6 Å². The highest BCUT2D eigenvalue weighted by Crippen LogP contribution is 2.12. The number of H-pyrrole nitrogens is 1. The third-order valence-corrected chi connectivity index (χ3v) is 9.77. The minimum atomic E-state index is -1.86. The van der Waals surface area contributed by atoms with Gasteiger partial charge in [-0.05, 0) is 55.7 Å². The third-order valence-electron chi connectivity index (χ3n) is 9.41. The number of primary amides is 1. The van der Waals surface area contributed by atoms with Crippen LogP contribution in [0.5, 0.6) is 5.75 Å². The molecule has 7 atom stereocenters. The van der Waals surface area contributed by atoms with Crippen LogP contribution in [0.2, 0.25) is 0 Å². The summed E-state index contributed by atoms with van der Waals surface area (Å²) in [5.41, 5.74) is 17.7. The van der Waals surface area contributed by atoms with Crippen molar-refractivity contribution in [1.29, 1.82) is 5.41 Å². The standard InChI is InChI=1S/C39H59N13O12S/c1-19(2)12-26(35(60)50-27(14-21-16-44-18-46-21)36(61)51-28(38(63)64)15-31(55)56)49-34(59)25(9-10-30(41)54)48-33(58)24(4-3-11-45-39(42)43)47-37(62)29(17-65)52-32(57)23(40)13-20-5-7-22(53)8-6-20/h5-8,16,18-19,23-29,53,65H,3-4,9-15,17,40H2,1-2H3,(H2,41,54)(H,44,46)(H,47,62)(H,48,58)(H,49,59)(H,50,60)(H,51,61)(H,52,57)(H,55,56)(H,63,64)(H4,42,43,45)/t23-,24-,25-,26-,27-,28-,29-/m0/s1. The number of rotatable bonds is 29. The fourth-order valence-corrected chi connectivity index (χ4v) is 6.32. The number of carboxylic acid groups (broad SMARTS) is 2. The van der Waals surface area contributed by atoms with E-state index >= 15 is 0 Å². The molecule has 0 aliphatic rings. The summed E-state index contributed by atoms with van der Waals surface area (Å²) in [6.45, 7) is 3.52. The predicted octanol–water partition coefficient (Wildman–Crippen LogP) is -3.80. The Hall–Kier alpha value is -6.96. The van der Waals surface area contributed by atoms with Crippen LogP contribution < -0.4 is 54.4 Å². The molecule has 65 heavy (non-hydrogen) atoms. The molecule has 2 rings (SSSR count). The molecule has 0 bridgehead atoms. The molecule has 1 aromatic carbocycles. The average Bonchev–Trinajstić information content (AvgIpc) is 3.74. The quantitative estimate of drug-likeness (QED) is 0.0161. The first kappa shape index (κ1) is 54.2. The normalized spacial score (nSPS) is 14.2. The number of benzene rings is 1. The Balaban J connectivity index is 2.35. The summed E-state index contributed by atoms with van der Waals surface area (Å²) in [6.07, 6.45) is 0.653. The maximum Gasteiger partial charge on any atom is 0.326 e. The van der Waals surface area contributed by atoms with E-state index in [0.29, 0.717) is 5.56 Å². The lowest BCUT2D eigenvalue weighted by Crippen LogP contribution is -2.60. The highest BCUT2D eigenvalue weighted by atomic mass is 32.1. The highest BCUT2D eigenvalue weighted by molar-refractivity contribution is 7.80. The molecule has 0 radical (unpaired) electrons. The Labute approximate surface area is 378 Å². The van der Waals surface area contributed by atoms with Crippen molar-refractivity contribution in [2.24, 2.45) is 23.1 Å². The number of nitrogens with one attached hydrogen (secondary N) is 9. The van der Waals surface area contributed by atoms with Crippen LogP contribution in [0.3, 0.4) is 0 Å². The Morgan fingerprint density at radius 3 is 1.78 bits per heavy atom. The zero-order valence-electron chi connectivity index (χ0n) is 35.8. The molecule has 26 heteroatoms. The van der Waals surface area contributed by atoms with Gasteiger partial charge in [0.25, 0.3) is 0 Å². The number of carboxylic acids is 2. The van der Waals surface area contributed by atoms with E-state index in [9.17, 15) is 53.4 Å². The lowest BCUT2D eigenvalue weighted by atomic mass is 10.0. The third kappa shape index (κ3) is 20.4. The molecule has 1 aromatic heterocycles. The fraction of sp³-hybridized carbons (Fsp3) is 0.513. The molecule has 0 aliphatic heterocycles. The second-order valence-electron chi connectivity index (χ2n) is 15.3. The maximum absolute atomic E-state index is 14.0. The van der Waals surface area contributed by atoms with Crippen LogP contribution in [0.1, 0.15) is 63.6 Å². The minimum Gasteiger partial charge on any atom is -0.508 e. The first-order valence-electron chi connectivity index (χ1n) is 20.3. The summed E-state index contributed by atoms with van der Waals surface area (Å²) in [4.78, 5) is 123. The summed E-state index contributed by atoms with van der Waals surface area (Å²) in [6, 6.07) is -4.21. The number of aromatic nitrogens is 2. The molecule has 25 nitrogen and oxygen atoms in total. The van der Waals surface area contributed by atoms with Gasteiger partial charge in [0.05, 0.1) is 24.5 Å². The molecule has 0 spiro atoms. The van der Waals surface area contributed by atoms with Gasteiger partial charge in [0.1, 0.15) is 42.0 Å². The molecular weight excluding hydrogens is 875 g/mol. The zero-order valence-corrected chi connectivity index (χ0v) is 36.7. The number of guanidine groups is 1. The lowest BCUT2D eigenvalue weighted by molar-refractivity contribution is -0.147. The van der Waals surface area contributed by atoms with Crippen molar-refractivity contribution in [2.45, 2.75) is 108 Å². The predicted molar refractivity (Wildman–Crippen MR) is 234 cm³/mol. The van der Waals surface area contributed by atoms with Crippen LogP contribution in [0, 0.1) is 11.3 Å². The first-order valence-corrected chi connectivity index (χ1v) is 21.0. The van der Waals surface area contributed by atoms with Gasteiger partial charge in [0.2, 0.25) is 41.4 Å². The zero-order chi connectivity index (χ0) is 48.8. The Kier molecular flexibility index (Phi) is 22.7. The SMILES string of the molecule is CC(C)C[C@H](NC(=O)[C@H](CCC(N)=O)NC(=O)[C@H](CCCNC(=N)N)NC(=O)[C@H](CS)NC(=O)[C@@H](N)Cc1ccc(O)cc1)C(=O)N[C@@H](Cc1c[nH]cn1)C(=O)N[C@@H](CC(=O)O)C(=O)O. The van der Waals surface area contributed by atoms with E-state index in [0.717, 1.165) is 0 Å². The molecule has 0 saturated heterocycles. The van der Waals surface area contributed by atoms with E-state index in [2.05, 4.69) is 59.8 Å². The van der Waals surface area contributed by atoms with E-state index in [1.54, 1.807) is 26.0 Å². The second-order valence-corrected chi connectivity index (χ2v) is 15.7. The number of carbonyl (C=O) groups is 9. The van der Waals surface area contributed by atoms with Crippen molar-refractivity contribution >= 4 is 71.9 Å². The van der Waals surface area contributed by atoms with E-state index in [1.165, 1.54) is 24.7 Å². The van der Waals surface area contributed by atoms with Gasteiger partial charge in [-0.25, -0.2) is 9.78 Å². The van der Waals surface area contributed by atoms with Gasteiger partial charge < -0.3 is 74.7 Å². The monoisotopic (exact) mass is 933 g/mol. The van der Waals surface area contributed by atoms with E-state index in [4.69, 9.17) is 27.7 Å². The summed E-state index contributed by atoms with van der Waals surface area (Å²) in [7, 11) is 0. The van der Waals surface area contributed by atoms with Gasteiger partial charge in [0, 0.05) is 31.3 Å². The lowest BCUT2D eigenvalue weighted by Gasteiger charge is -2.28. The Morgan fingerprint density at radius 1 is 0.738 bits per heavy atom. The number of nitrogens with zero attached hydrogens (tertiary/aromatic N) is 1. The van der Waals surface area contributed by atoms with Gasteiger partial charge in [-0.3, -0.25) is 43.8 Å². The number of aromatic amines is 1. The number of amides is 7. The Morgan fingerprint density at radius 2 is 1.26 bits per heavy atom. The largest absolute Gasteiger partial charge is 0.508 e. The van der Waals surface area contributed by atoms with Crippen LogP contribution in [-0.2, 0) is 56.0 Å². The van der Waals surface area contributed by atoms with E-state index < -0.39 is 108 Å². The van der Waals surface area contributed by atoms with Crippen molar-refractivity contribution < 1.29 is 58.5 Å². The molecule has 0 unspecified atom stereocenters. The van der Waals surface area contributed by atoms with Crippen molar-refractivity contribution in [3.8, 4) is 5.75 Å². The molecular formula is C39H59N13O12S. The fourth-order valence-electron chi connectivity index (χ4n) is 6.07. The number of hydrogen-bond donors (Lipinski definition) is 16. The molecule has 0 saturated carbocycles. The van der Waals surface area contributed by atoms with E-state index in [1.807, 2.05) is 0 Å². The number of carbonyl (C=O) groups excluding carboxylic acids is 7. The van der Waals surface area contributed by atoms with Gasteiger partial charge in [0.15, 0.2) is 5.96 Å². The minimum absolute atomic E-state index is 0.0127. The summed E-state index contributed by atoms with van der Waals surface area (Å²) < 4.78 is 0. The summed E-state index contributed by atoms with van der Waals surface area (Å²) >= 11 is 4.19. The molecule has 7 amide bonds. The van der Waals surface area contributed by atoms with Crippen molar-refractivity contribution in [1.82, 2.24) is 47.2 Å². The number of aliphatic carboxylic acids is 2. The topological polar surface area (TPSA) is 429 Å². The van der Waals surface area contributed by atoms with Crippen LogP contribution in [0.15, 0.2) is 36.8 Å². The number of aromatic hydroxyl groups is 1. The van der Waals surface area contributed by atoms with Gasteiger partial charge in [-0.1, -0.05) is 26.0 Å². The van der Waals surface area contributed by atoms with Crippen LogP contribution in [-0.4, -0.2) is 139 Å². The summed E-state index contributed by atoms with van der Waals surface area (Å²) in [5, 5.41) is 52.8. The molecule has 0 fully saturated rings. The smallest absolute Gasteiger partial charge is 0.326 e. The number of nitrogens with two attached hydrogens (primary N) is 3. The Bertz CT molecular complexity index is 1970. The van der Waals surface area contributed by atoms with Gasteiger partial charge in [-0.2, -0.15) is 12.6 Å². The number of imidazole rings is 1. The van der Waals surface area contributed by atoms with Crippen LogP contribution in [0.25, 0.3) is 0 Å². The second kappa shape index (κ2) is 27.3. The molecule has 18 N–H and O–H groups in total. The molecule has 2 aromatic rings. The van der Waals surface area contributed by atoms with Crippen molar-refractivity contribution in [3.05, 3.63) is 48.0 Å². The van der Waals surface area contributed by atoms with Gasteiger partial charge >= 0.3 is 11.9 Å². The molecule has 358 valence electrons. The number of phenolic OH excluding ortho intramolecular Hbond substituents is 1. The number of hydrogen-bond acceptors (Lipinski definition) is 14. The van der Waals surface area contributed by atoms with Crippen LogP contribution in [0.4, 0.5) is 0 Å². The number of thiol groups is 1. The van der Waals surface area contributed by atoms with Crippen molar-refractivity contribution in [2.75, 3.05) is 12.3 Å². The van der Waals surface area contributed by atoms with E-state index in [-0.39, 0.29) is 74.1 Å². The average molecular weight is 934 g/mol. The maximum atomic E-state index is 14.0.